The number of carbonyl (C=O) groups excluding carboxylic acids is 1. The monoisotopic (exact) mass is 656 g/mol. The molecular weight excluding hydrogens is 621 g/mol. The number of carbonyl (C=O) groups is 1. The number of piperazine rings is 1. The number of rotatable bonds is 9. The van der Waals surface area contributed by atoms with Crippen LogP contribution in [-0.4, -0.2) is 64.1 Å². The lowest BCUT2D eigenvalue weighted by Gasteiger charge is -2.35. The van der Waals surface area contributed by atoms with E-state index in [9.17, 15) is 22.8 Å². The van der Waals surface area contributed by atoms with Crippen molar-refractivity contribution in [2.24, 2.45) is 0 Å². The number of nitrogens with zero attached hydrogens (tertiary/aromatic N) is 4. The van der Waals surface area contributed by atoms with E-state index in [2.05, 4.69) is 0 Å². The van der Waals surface area contributed by atoms with Crippen LogP contribution in [0.4, 0.5) is 13.2 Å². The number of hydrogen-bond acceptors (Lipinski definition) is 6. The molecule has 0 spiro atoms. The fraction of sp³-hybridized carbons (Fsp3) is 0.382. The van der Waals surface area contributed by atoms with Gasteiger partial charge in [-0.3, -0.25) is 19.1 Å². The first-order valence-corrected chi connectivity index (χ1v) is 15.5. The average molecular weight is 657 g/mol. The van der Waals surface area contributed by atoms with Crippen LogP contribution in [-0.2, 0) is 17.5 Å². The highest BCUT2D eigenvalue weighted by atomic mass is 35.5. The molecule has 0 aliphatic carbocycles. The average Bonchev–Trinajstić information content (AvgIpc) is 3.00. The van der Waals surface area contributed by atoms with Crippen molar-refractivity contribution in [3.63, 3.8) is 0 Å². The third kappa shape index (κ3) is 7.31. The van der Waals surface area contributed by atoms with Crippen LogP contribution in [0, 0.1) is 0 Å². The van der Waals surface area contributed by atoms with Gasteiger partial charge in [-0.05, 0) is 73.9 Å². The van der Waals surface area contributed by atoms with Gasteiger partial charge in [-0.25, -0.2) is 4.98 Å². The summed E-state index contributed by atoms with van der Waals surface area (Å²) in [6, 6.07) is 15.8. The second kappa shape index (κ2) is 13.7. The molecule has 46 heavy (non-hydrogen) atoms. The molecule has 2 heterocycles. The third-order valence-corrected chi connectivity index (χ3v) is 8.01. The van der Waals surface area contributed by atoms with Gasteiger partial charge in [0.15, 0.2) is 6.61 Å². The normalized spacial score (nSPS) is 14.3. The van der Waals surface area contributed by atoms with Gasteiger partial charge in [0.2, 0.25) is 0 Å². The molecule has 1 aliphatic rings. The molecule has 0 radical (unpaired) electrons. The Morgan fingerprint density at radius 2 is 1.63 bits per heavy atom. The zero-order chi connectivity index (χ0) is 33.2. The van der Waals surface area contributed by atoms with Crippen molar-refractivity contribution in [2.45, 2.75) is 52.4 Å². The Bertz CT molecular complexity index is 1770. The molecule has 0 unspecified atom stereocenters. The van der Waals surface area contributed by atoms with E-state index in [1.807, 2.05) is 4.90 Å². The fourth-order valence-corrected chi connectivity index (χ4v) is 5.76. The SMILES string of the molecule is CC(C)Oc1ccc(C(F)(F)F)c(C(C)C)c1-n1c(CN2CCN(C(=O)COc3ccc(Cl)cc3)CC2)nc2ccccc2c1=O. The van der Waals surface area contributed by atoms with E-state index in [1.54, 1.807) is 81.1 Å². The molecule has 1 saturated heterocycles. The van der Waals surface area contributed by atoms with Gasteiger partial charge in [0.1, 0.15) is 17.3 Å². The highest BCUT2D eigenvalue weighted by Crippen LogP contribution is 2.42. The molecular formula is C34H36ClF3N4O4. The van der Waals surface area contributed by atoms with Crippen molar-refractivity contribution < 1.29 is 27.4 Å². The lowest BCUT2D eigenvalue weighted by Crippen LogP contribution is -2.50. The highest BCUT2D eigenvalue weighted by molar-refractivity contribution is 6.30. The van der Waals surface area contributed by atoms with Crippen molar-refractivity contribution >= 4 is 28.4 Å². The maximum Gasteiger partial charge on any atom is 0.416 e. The number of amides is 1. The smallest absolute Gasteiger partial charge is 0.416 e. The van der Waals surface area contributed by atoms with E-state index in [4.69, 9.17) is 26.1 Å². The summed E-state index contributed by atoms with van der Waals surface area (Å²) in [7, 11) is 0. The quantitative estimate of drug-likeness (QED) is 0.200. The van der Waals surface area contributed by atoms with Crippen LogP contribution < -0.4 is 15.0 Å². The zero-order valence-corrected chi connectivity index (χ0v) is 26.9. The summed E-state index contributed by atoms with van der Waals surface area (Å²) >= 11 is 5.91. The molecule has 1 amide bonds. The summed E-state index contributed by atoms with van der Waals surface area (Å²) in [5, 5.41) is 0.850. The maximum atomic E-state index is 14.4. The minimum atomic E-state index is -4.65. The number of aromatic nitrogens is 2. The molecule has 5 rings (SSSR count). The predicted molar refractivity (Wildman–Crippen MR) is 171 cm³/mol. The van der Waals surface area contributed by atoms with Gasteiger partial charge in [0, 0.05) is 31.2 Å². The molecule has 0 saturated carbocycles. The Hall–Kier alpha value is -4.09. The molecule has 0 bridgehead atoms. The van der Waals surface area contributed by atoms with Gasteiger partial charge < -0.3 is 14.4 Å². The Kier molecular flexibility index (Phi) is 9.93. The van der Waals surface area contributed by atoms with Gasteiger partial charge in [-0.15, -0.1) is 0 Å². The lowest BCUT2D eigenvalue weighted by atomic mass is 9.93. The minimum absolute atomic E-state index is 0.0396. The first kappa shape index (κ1) is 33.3. The molecule has 244 valence electrons. The molecule has 12 heteroatoms. The summed E-state index contributed by atoms with van der Waals surface area (Å²) in [6.45, 7) is 8.66. The molecule has 0 N–H and O–H groups in total. The number of hydrogen-bond donors (Lipinski definition) is 0. The highest BCUT2D eigenvalue weighted by Gasteiger charge is 2.37. The second-order valence-electron chi connectivity index (χ2n) is 11.8. The lowest BCUT2D eigenvalue weighted by molar-refractivity contribution is -0.138. The molecule has 4 aromatic rings. The molecule has 1 fully saturated rings. The van der Waals surface area contributed by atoms with Crippen molar-refractivity contribution in [1.29, 1.82) is 0 Å². The van der Waals surface area contributed by atoms with E-state index in [1.165, 1.54) is 10.6 Å². The van der Waals surface area contributed by atoms with E-state index in [0.717, 1.165) is 6.07 Å². The molecule has 1 aliphatic heterocycles. The largest absolute Gasteiger partial charge is 0.489 e. The Morgan fingerprint density at radius 1 is 0.957 bits per heavy atom. The molecule has 0 atom stereocenters. The summed E-state index contributed by atoms with van der Waals surface area (Å²) < 4.78 is 56.1. The van der Waals surface area contributed by atoms with E-state index in [-0.39, 0.29) is 53.4 Å². The van der Waals surface area contributed by atoms with E-state index in [0.29, 0.717) is 42.5 Å². The number of para-hydroxylation sites is 1. The van der Waals surface area contributed by atoms with Crippen LogP contribution in [0.1, 0.15) is 50.6 Å². The van der Waals surface area contributed by atoms with Gasteiger partial charge in [-0.2, -0.15) is 13.2 Å². The van der Waals surface area contributed by atoms with Crippen LogP contribution in [0.15, 0.2) is 65.5 Å². The number of benzene rings is 3. The first-order valence-electron chi connectivity index (χ1n) is 15.1. The molecule has 8 nitrogen and oxygen atoms in total. The zero-order valence-electron chi connectivity index (χ0n) is 26.1. The first-order chi connectivity index (χ1) is 21.8. The number of halogens is 4. The predicted octanol–water partition coefficient (Wildman–Crippen LogP) is 6.69. The van der Waals surface area contributed by atoms with Gasteiger partial charge >= 0.3 is 6.18 Å². The second-order valence-corrected chi connectivity index (χ2v) is 12.2. The van der Waals surface area contributed by atoms with Crippen molar-refractivity contribution in [3.8, 4) is 17.2 Å². The van der Waals surface area contributed by atoms with E-state index >= 15 is 0 Å². The number of ether oxygens (including phenoxy) is 2. The third-order valence-electron chi connectivity index (χ3n) is 7.76. The van der Waals surface area contributed by atoms with Gasteiger partial charge in [0.05, 0.1) is 34.8 Å². The summed E-state index contributed by atoms with van der Waals surface area (Å²) in [5.41, 5.74) is -0.861. The van der Waals surface area contributed by atoms with E-state index < -0.39 is 23.2 Å². The molecule has 1 aromatic heterocycles. The fourth-order valence-electron chi connectivity index (χ4n) is 5.64. The summed E-state index contributed by atoms with van der Waals surface area (Å²) in [6.07, 6.45) is -5.02. The Morgan fingerprint density at radius 3 is 2.26 bits per heavy atom. The minimum Gasteiger partial charge on any atom is -0.489 e. The molecule has 3 aromatic carbocycles. The van der Waals surface area contributed by atoms with Crippen LogP contribution in [0.2, 0.25) is 5.02 Å². The summed E-state index contributed by atoms with van der Waals surface area (Å²) in [5.74, 6) is 0.218. The topological polar surface area (TPSA) is 76.9 Å². The van der Waals surface area contributed by atoms with Gasteiger partial charge in [-0.1, -0.05) is 37.6 Å². The maximum absolute atomic E-state index is 14.4. The van der Waals surface area contributed by atoms with Crippen molar-refractivity contribution in [2.75, 3.05) is 32.8 Å². The van der Waals surface area contributed by atoms with Gasteiger partial charge in [0.25, 0.3) is 11.5 Å². The van der Waals surface area contributed by atoms with Crippen LogP contribution in [0.5, 0.6) is 11.5 Å². The Labute approximate surface area is 270 Å². The number of fused-ring (bicyclic) bond motifs is 1. The van der Waals surface area contributed by atoms with Crippen molar-refractivity contribution in [3.05, 3.63) is 93.0 Å². The van der Waals surface area contributed by atoms with Crippen molar-refractivity contribution in [1.82, 2.24) is 19.4 Å². The van der Waals surface area contributed by atoms with Crippen LogP contribution in [0.25, 0.3) is 16.6 Å². The number of alkyl halides is 3. The van der Waals surface area contributed by atoms with Crippen LogP contribution in [0.3, 0.4) is 0 Å². The summed E-state index contributed by atoms with van der Waals surface area (Å²) in [4.78, 5) is 35.6. The van der Waals surface area contributed by atoms with Crippen LogP contribution >= 0.6 is 11.6 Å². The Balaban J connectivity index is 1.49. The standard InChI is InChI=1S/C34H36ClF3N4O4/c1-21(2)31-26(34(36,37)38)13-14-28(46-22(3)4)32(31)42-29(39-27-8-6-5-7-25(27)33(42)44)19-40-15-17-41(18-16-40)30(43)20-45-24-11-9-23(35)10-12-24/h5-14,21-22H,15-20H2,1-4H3.